The summed E-state index contributed by atoms with van der Waals surface area (Å²) in [5.74, 6) is -3.02. The zero-order valence-electron chi connectivity index (χ0n) is 19.5. The molecule has 2 aromatic rings. The fourth-order valence-corrected chi connectivity index (χ4v) is 6.43. The summed E-state index contributed by atoms with van der Waals surface area (Å²) in [6, 6.07) is 12.0. The van der Waals surface area contributed by atoms with Crippen molar-refractivity contribution in [3.05, 3.63) is 42.5 Å². The number of aliphatic hydroxyl groups is 1. The zero-order valence-corrected chi connectivity index (χ0v) is 20.3. The maximum absolute atomic E-state index is 13.7. The predicted molar refractivity (Wildman–Crippen MR) is 128 cm³/mol. The van der Waals surface area contributed by atoms with Gasteiger partial charge in [-0.3, -0.25) is 9.59 Å². The first-order valence-corrected chi connectivity index (χ1v) is 13.2. The van der Waals surface area contributed by atoms with E-state index in [1.807, 2.05) is 25.2 Å². The van der Waals surface area contributed by atoms with Crippen molar-refractivity contribution in [1.29, 1.82) is 0 Å². The predicted octanol–water partition coefficient (Wildman–Crippen LogP) is 1.23. The monoisotopic (exact) mass is 488 g/mol. The Morgan fingerprint density at radius 1 is 1.06 bits per heavy atom. The van der Waals surface area contributed by atoms with E-state index in [9.17, 15) is 23.1 Å². The van der Waals surface area contributed by atoms with Gasteiger partial charge in [0.05, 0.1) is 4.90 Å². The van der Waals surface area contributed by atoms with Gasteiger partial charge < -0.3 is 20.2 Å². The Kier molecular flexibility index (Phi) is 6.95. The molecule has 2 aliphatic rings. The molecule has 2 amide bonds. The smallest absolute Gasteiger partial charge is 0.244 e. The van der Waals surface area contributed by atoms with Crippen LogP contribution in [0.5, 0.6) is 0 Å². The Morgan fingerprint density at radius 3 is 2.44 bits per heavy atom. The summed E-state index contributed by atoms with van der Waals surface area (Å²) in [4.78, 5) is 29.5. The number of carbonyl (C=O) groups excluding carboxylic acids is 2. The molecular weight excluding hydrogens is 456 g/mol. The fourth-order valence-electron chi connectivity index (χ4n) is 4.88. The number of piperidine rings is 1. The van der Waals surface area contributed by atoms with Crippen molar-refractivity contribution in [2.24, 2.45) is 5.92 Å². The highest BCUT2D eigenvalue weighted by Crippen LogP contribution is 2.31. The topological polar surface area (TPSA) is 119 Å². The van der Waals surface area contributed by atoms with Crippen molar-refractivity contribution in [3.63, 3.8) is 0 Å². The van der Waals surface area contributed by atoms with Gasteiger partial charge in [-0.2, -0.15) is 4.72 Å². The number of likely N-dealkylation sites (tertiary alicyclic amines) is 2. The van der Waals surface area contributed by atoms with Crippen LogP contribution in [0.2, 0.25) is 0 Å². The first kappa shape index (κ1) is 24.6. The van der Waals surface area contributed by atoms with E-state index in [1.54, 1.807) is 25.1 Å². The number of nitrogens with zero attached hydrogens (tertiary/aromatic N) is 2. The van der Waals surface area contributed by atoms with E-state index in [0.29, 0.717) is 18.2 Å². The third-order valence-electron chi connectivity index (χ3n) is 6.87. The van der Waals surface area contributed by atoms with Crippen molar-refractivity contribution >= 4 is 32.6 Å². The number of fused-ring (bicyclic) bond motifs is 1. The van der Waals surface area contributed by atoms with Gasteiger partial charge in [0.2, 0.25) is 27.6 Å². The van der Waals surface area contributed by atoms with E-state index in [2.05, 4.69) is 14.9 Å². The molecule has 0 saturated carbocycles. The van der Waals surface area contributed by atoms with Gasteiger partial charge in [-0.05, 0) is 50.9 Å². The van der Waals surface area contributed by atoms with Crippen LogP contribution in [-0.4, -0.2) is 73.7 Å². The third-order valence-corrected chi connectivity index (χ3v) is 8.38. The van der Waals surface area contributed by atoms with Crippen molar-refractivity contribution in [3.8, 4) is 0 Å². The first-order chi connectivity index (χ1) is 16.2. The third kappa shape index (κ3) is 4.55. The van der Waals surface area contributed by atoms with E-state index < -0.39 is 21.9 Å². The summed E-state index contributed by atoms with van der Waals surface area (Å²) in [5, 5.41) is 15.0. The maximum atomic E-state index is 13.7. The summed E-state index contributed by atoms with van der Waals surface area (Å²) in [6.45, 7) is 3.27. The average molecular weight is 489 g/mol. The number of aliphatic hydroxyl groups excluding tert-OH is 1. The number of nitrogens with one attached hydrogen (secondary N) is 2. The number of hydrogen-bond acceptors (Lipinski definition) is 6. The Bertz CT molecular complexity index is 1170. The van der Waals surface area contributed by atoms with Gasteiger partial charge in [0, 0.05) is 24.3 Å². The Labute approximate surface area is 200 Å². The Morgan fingerprint density at radius 2 is 1.74 bits per heavy atom. The van der Waals surface area contributed by atoms with Gasteiger partial charge in [-0.25, -0.2) is 8.42 Å². The molecule has 10 heteroatoms. The number of benzene rings is 2. The lowest BCUT2D eigenvalue weighted by molar-refractivity contribution is -0.145. The molecule has 3 N–H and O–H groups in total. The number of amides is 2. The van der Waals surface area contributed by atoms with E-state index in [-0.39, 0.29) is 42.0 Å². The molecule has 2 heterocycles. The molecule has 184 valence electrons. The van der Waals surface area contributed by atoms with E-state index >= 15 is 0 Å². The highest BCUT2D eigenvalue weighted by atomic mass is 32.2. The van der Waals surface area contributed by atoms with E-state index in [4.69, 9.17) is 0 Å². The molecule has 0 spiro atoms. The lowest BCUT2D eigenvalue weighted by atomic mass is 9.95. The van der Waals surface area contributed by atoms with Crippen molar-refractivity contribution in [2.75, 3.05) is 26.7 Å². The summed E-state index contributed by atoms with van der Waals surface area (Å²) in [6.07, 6.45) is 0.174. The van der Waals surface area contributed by atoms with Crippen molar-refractivity contribution < 1.29 is 23.1 Å². The van der Waals surface area contributed by atoms with Crippen LogP contribution in [0.4, 0.5) is 0 Å². The summed E-state index contributed by atoms with van der Waals surface area (Å²) in [7, 11) is -2.27. The van der Waals surface area contributed by atoms with Gasteiger partial charge in [0.15, 0.2) is 0 Å². The molecule has 2 fully saturated rings. The molecule has 34 heavy (non-hydrogen) atoms. The lowest BCUT2D eigenvalue weighted by Crippen LogP contribution is -2.73. The van der Waals surface area contributed by atoms with Gasteiger partial charge in [-0.15, -0.1) is 0 Å². The van der Waals surface area contributed by atoms with E-state index in [1.165, 1.54) is 11.0 Å². The second kappa shape index (κ2) is 9.61. The second-order valence-electron chi connectivity index (χ2n) is 9.12. The van der Waals surface area contributed by atoms with Gasteiger partial charge in [-0.1, -0.05) is 43.3 Å². The summed E-state index contributed by atoms with van der Waals surface area (Å²) in [5.41, 5.74) is 0. The van der Waals surface area contributed by atoms with Crippen molar-refractivity contribution in [2.45, 2.75) is 49.4 Å². The molecule has 0 aliphatic carbocycles. The molecular formula is C24H32N4O5S. The minimum absolute atomic E-state index is 0.0153. The molecule has 2 atom stereocenters. The van der Waals surface area contributed by atoms with Crippen LogP contribution in [0.15, 0.2) is 47.4 Å². The number of rotatable bonds is 6. The maximum Gasteiger partial charge on any atom is 0.244 e. The highest BCUT2D eigenvalue weighted by Gasteiger charge is 2.54. The average Bonchev–Trinajstić information content (AvgIpc) is 3.13. The number of carbonyl (C=O) groups is 2. The lowest BCUT2D eigenvalue weighted by Gasteiger charge is -2.42. The van der Waals surface area contributed by atoms with Crippen LogP contribution in [0.3, 0.4) is 0 Å². The molecule has 4 rings (SSSR count). The van der Waals surface area contributed by atoms with Gasteiger partial charge in [0.1, 0.15) is 6.10 Å². The first-order valence-electron chi connectivity index (χ1n) is 11.7. The normalized spacial score (nSPS) is 24.4. The molecule has 2 saturated heterocycles. The second-order valence-corrected chi connectivity index (χ2v) is 10.8. The molecule has 0 bridgehead atoms. The standard InChI is InChI=1S/C24H32N4O5S/c1-3-22(30)28-16-13-21(29)24(28,25-23(31)18-11-14-27(2)15-12-18)26-34(32,33)20-10-6-8-17-7-4-5-9-19(17)20/h4-10,18,21,26,29H,3,11-16H2,1-2H3,(H,25,31). The molecule has 9 nitrogen and oxygen atoms in total. The van der Waals surface area contributed by atoms with Gasteiger partial charge in [0.25, 0.3) is 0 Å². The number of sulfonamides is 1. The quantitative estimate of drug-likeness (QED) is 0.527. The molecule has 2 aromatic carbocycles. The Hall–Kier alpha value is -2.53. The fraction of sp³-hybridized carbons (Fsp3) is 0.500. The van der Waals surface area contributed by atoms with Crippen LogP contribution in [-0.2, 0) is 19.6 Å². The SMILES string of the molecule is CCC(=O)N1CCC(O)C1(NC(=O)C1CCN(C)CC1)NS(=O)(=O)c1cccc2ccccc12. The Balaban J connectivity index is 1.73. The minimum Gasteiger partial charge on any atom is -0.387 e. The van der Waals surface area contributed by atoms with Crippen LogP contribution >= 0.6 is 0 Å². The van der Waals surface area contributed by atoms with Crippen LogP contribution < -0.4 is 10.0 Å². The molecule has 0 aromatic heterocycles. The minimum atomic E-state index is -4.25. The molecule has 2 unspecified atom stereocenters. The summed E-state index contributed by atoms with van der Waals surface area (Å²) < 4.78 is 29.9. The highest BCUT2D eigenvalue weighted by molar-refractivity contribution is 7.89. The molecule has 2 aliphatic heterocycles. The summed E-state index contributed by atoms with van der Waals surface area (Å²) >= 11 is 0. The van der Waals surface area contributed by atoms with Gasteiger partial charge >= 0.3 is 0 Å². The number of hydrogen-bond donors (Lipinski definition) is 3. The van der Waals surface area contributed by atoms with E-state index in [0.717, 1.165) is 18.5 Å². The molecule has 0 radical (unpaired) electrons. The van der Waals surface area contributed by atoms with Crippen molar-refractivity contribution in [1.82, 2.24) is 19.8 Å². The van der Waals surface area contributed by atoms with Crippen LogP contribution in [0.25, 0.3) is 10.8 Å². The zero-order chi connectivity index (χ0) is 24.5. The largest absolute Gasteiger partial charge is 0.387 e. The van der Waals surface area contributed by atoms with Crippen LogP contribution in [0.1, 0.15) is 32.6 Å². The van der Waals surface area contributed by atoms with Crippen LogP contribution in [0, 0.1) is 5.92 Å².